The Balaban J connectivity index is -0.0000000300. The number of aliphatic carboxylic acids is 2. The first-order chi connectivity index (χ1) is 3.46. The number of hydrogen-bond acceptors (Lipinski definition) is 4. The molecule has 0 amide bonds. The molecule has 0 bridgehead atoms. The molecule has 0 heterocycles. The van der Waals surface area contributed by atoms with Crippen molar-refractivity contribution in [2.45, 2.75) is 13.8 Å². The van der Waals surface area contributed by atoms with E-state index in [0.717, 1.165) is 13.8 Å². The summed E-state index contributed by atoms with van der Waals surface area (Å²) in [5, 5.41) is 17.8. The van der Waals surface area contributed by atoms with Crippen LogP contribution < -0.4 is 10.2 Å². The van der Waals surface area contributed by atoms with E-state index in [1.165, 1.54) is 0 Å². The van der Waals surface area contributed by atoms with Gasteiger partial charge in [-0.3, -0.25) is 0 Å². The second kappa shape index (κ2) is 15.9. The van der Waals surface area contributed by atoms with Crippen LogP contribution in [0.1, 0.15) is 13.8 Å². The molecule has 0 fully saturated rings. The molecule has 0 unspecified atom stereocenters. The van der Waals surface area contributed by atoms with Crippen LogP contribution in [-0.4, -0.2) is 11.9 Å². The van der Waals surface area contributed by atoms with E-state index in [1.54, 1.807) is 0 Å². The third-order valence-electron chi connectivity index (χ3n) is 0. The molecule has 10 heavy (non-hydrogen) atoms. The molecule has 65 valence electrons. The number of hydrogen-bond donors (Lipinski definition) is 0. The van der Waals surface area contributed by atoms with E-state index in [2.05, 4.69) is 0 Å². The first-order valence-electron chi connectivity index (χ1n) is 1.82. The molecular weight excluding hydrogens is 211 g/mol. The molecule has 0 aromatic rings. The van der Waals surface area contributed by atoms with Crippen molar-refractivity contribution in [1.29, 1.82) is 0 Å². The molecule has 0 aliphatic heterocycles. The fourth-order valence-electron chi connectivity index (χ4n) is 0. The first kappa shape index (κ1) is 22.6. The molecule has 6 heteroatoms. The molecule has 0 saturated heterocycles. The number of rotatable bonds is 0. The van der Waals surface area contributed by atoms with E-state index in [-0.39, 0.29) is 29.5 Å². The van der Waals surface area contributed by atoms with Gasteiger partial charge in [0.15, 0.2) is 0 Å². The van der Waals surface area contributed by atoms with Crippen LogP contribution in [0.15, 0.2) is 0 Å². The summed E-state index contributed by atoms with van der Waals surface area (Å²) in [6.45, 7) is 1.94. The molecule has 0 N–H and O–H groups in total. The Morgan fingerprint density at radius 2 is 1.00 bits per heavy atom. The predicted octanol–water partition coefficient (Wildman–Crippen LogP) is -2.07. The van der Waals surface area contributed by atoms with E-state index < -0.39 is 11.9 Å². The predicted molar refractivity (Wildman–Crippen MR) is 28.6 cm³/mol. The average Bonchev–Trinajstić information content (AvgIpc) is 1.25. The van der Waals surface area contributed by atoms with Crippen LogP contribution >= 0.6 is 12.4 Å². The van der Waals surface area contributed by atoms with Crippen LogP contribution in [0, 0.1) is 0 Å². The summed E-state index contributed by atoms with van der Waals surface area (Å²) >= 11 is 0. The number of carboxylic acid groups (broad SMARTS) is 2. The summed E-state index contributed by atoms with van der Waals surface area (Å²) in [5.74, 6) is -2.17. The summed E-state index contributed by atoms with van der Waals surface area (Å²) in [7, 11) is 0. The molecule has 0 aliphatic rings. The van der Waals surface area contributed by atoms with Gasteiger partial charge in [0.05, 0.1) is 0 Å². The van der Waals surface area contributed by atoms with Gasteiger partial charge in [-0.1, -0.05) is 0 Å². The normalized spacial score (nSPS) is 5.00. The van der Waals surface area contributed by atoms with Crippen LogP contribution in [0.3, 0.4) is 0 Å². The van der Waals surface area contributed by atoms with Crippen LogP contribution in [0.5, 0.6) is 0 Å². The van der Waals surface area contributed by atoms with E-state index in [9.17, 15) is 0 Å². The summed E-state index contributed by atoms with van der Waals surface area (Å²) in [4.78, 5) is 17.8. The monoisotopic (exact) mass is 217 g/mol. The summed E-state index contributed by atoms with van der Waals surface area (Å²) < 4.78 is 0. The van der Waals surface area contributed by atoms with Crippen molar-refractivity contribution in [1.82, 2.24) is 0 Å². The van der Waals surface area contributed by atoms with Crippen molar-refractivity contribution in [3.8, 4) is 0 Å². The summed E-state index contributed by atoms with van der Waals surface area (Å²) in [6.07, 6.45) is 0. The molecule has 0 rings (SSSR count). The molecule has 0 aromatic heterocycles. The Labute approximate surface area is 75.5 Å². The maximum absolute atomic E-state index is 8.89. The van der Waals surface area contributed by atoms with Crippen LogP contribution in [0.2, 0.25) is 0 Å². The maximum atomic E-state index is 8.89. The van der Waals surface area contributed by atoms with Crippen molar-refractivity contribution in [2.24, 2.45) is 0 Å². The smallest absolute Gasteiger partial charge is 0.550 e. The van der Waals surface area contributed by atoms with Crippen LogP contribution in [0.25, 0.3) is 0 Å². The largest absolute Gasteiger partial charge is 2.00 e. The second-order valence-corrected chi connectivity index (χ2v) is 0.983. The Kier molecular flexibility index (Phi) is 35.9. The van der Waals surface area contributed by atoms with Gasteiger partial charge < -0.3 is 19.8 Å². The standard InChI is InChI=1S/2C2H4O2.ClH.Cu/c2*1-2(3)4;;/h2*1H3,(H,3,4);1H;/q;;;+2/p-2. The van der Waals surface area contributed by atoms with Gasteiger partial charge in [0, 0.05) is 11.9 Å². The van der Waals surface area contributed by atoms with Crippen LogP contribution in [0.4, 0.5) is 0 Å². The van der Waals surface area contributed by atoms with Gasteiger partial charge in [0.25, 0.3) is 0 Å². The van der Waals surface area contributed by atoms with Gasteiger partial charge in [-0.2, -0.15) is 0 Å². The number of halogens is 1. The summed E-state index contributed by atoms with van der Waals surface area (Å²) in [6, 6.07) is 0. The Morgan fingerprint density at radius 3 is 1.00 bits per heavy atom. The second-order valence-electron chi connectivity index (χ2n) is 0.983. The zero-order chi connectivity index (χ0) is 7.15. The molecule has 0 aromatic carbocycles. The van der Waals surface area contributed by atoms with Gasteiger partial charge in [0.1, 0.15) is 0 Å². The Morgan fingerprint density at radius 1 is 1.00 bits per heavy atom. The summed E-state index contributed by atoms with van der Waals surface area (Å²) in [5.41, 5.74) is 0. The van der Waals surface area contributed by atoms with Crippen molar-refractivity contribution >= 4 is 24.3 Å². The Bertz CT molecular complexity index is 75.3. The van der Waals surface area contributed by atoms with Crippen molar-refractivity contribution < 1.29 is 36.9 Å². The van der Waals surface area contributed by atoms with Gasteiger partial charge in [-0.25, -0.2) is 0 Å². The number of carbonyl (C=O) groups excluding carboxylic acids is 2. The Hall–Kier alpha value is -0.251. The van der Waals surface area contributed by atoms with Crippen molar-refractivity contribution in [3.63, 3.8) is 0 Å². The maximum Gasteiger partial charge on any atom is 2.00 e. The van der Waals surface area contributed by atoms with Gasteiger partial charge in [-0.05, 0) is 13.8 Å². The van der Waals surface area contributed by atoms with Crippen molar-refractivity contribution in [2.75, 3.05) is 0 Å². The molecule has 0 spiro atoms. The van der Waals surface area contributed by atoms with Gasteiger partial charge in [0.2, 0.25) is 0 Å². The van der Waals surface area contributed by atoms with E-state index >= 15 is 0 Å². The van der Waals surface area contributed by atoms with E-state index in [0.29, 0.717) is 0 Å². The average molecular weight is 218 g/mol. The topological polar surface area (TPSA) is 80.3 Å². The third-order valence-corrected chi connectivity index (χ3v) is 0. The minimum atomic E-state index is -1.08. The zero-order valence-corrected chi connectivity index (χ0v) is 7.10. The number of carboxylic acids is 2. The van der Waals surface area contributed by atoms with Crippen molar-refractivity contribution in [3.05, 3.63) is 0 Å². The van der Waals surface area contributed by atoms with Crippen LogP contribution in [-0.2, 0) is 26.7 Å². The molecule has 0 atom stereocenters. The molecule has 0 aliphatic carbocycles. The van der Waals surface area contributed by atoms with E-state index in [4.69, 9.17) is 19.8 Å². The number of carbonyl (C=O) groups is 2. The molecule has 1 radical (unpaired) electrons. The quantitative estimate of drug-likeness (QED) is 0.437. The minimum Gasteiger partial charge on any atom is -0.550 e. The SMILES string of the molecule is CC(=O)[O-].CC(=O)[O-].Cl.[Cu+2]. The molecular formula is C4H7ClCuO4. The zero-order valence-electron chi connectivity index (χ0n) is 5.34. The first-order valence-corrected chi connectivity index (χ1v) is 1.82. The fraction of sp³-hybridized carbons (Fsp3) is 0.500. The molecule has 0 saturated carbocycles. The fourth-order valence-corrected chi connectivity index (χ4v) is 0. The van der Waals surface area contributed by atoms with E-state index in [1.807, 2.05) is 0 Å². The molecule has 4 nitrogen and oxygen atoms in total. The minimum absolute atomic E-state index is 0. The third kappa shape index (κ3) is 5630. The van der Waals surface area contributed by atoms with Gasteiger partial charge in [-0.15, -0.1) is 12.4 Å². The van der Waals surface area contributed by atoms with Gasteiger partial charge >= 0.3 is 17.1 Å².